The molecule has 3 nitrogen and oxygen atoms in total. The standard InChI is InChI=1S/C18H14F2O3/c1-11-4-3-5-12(2)18(11)23-17(22)9-8-16(21)13-6-7-14(19)15(20)10-13/h3-10H,1-2H3/b9-8+. The van der Waals surface area contributed by atoms with E-state index in [0.717, 1.165) is 41.5 Å². The highest BCUT2D eigenvalue weighted by Crippen LogP contribution is 2.22. The summed E-state index contributed by atoms with van der Waals surface area (Å²) >= 11 is 0. The van der Waals surface area contributed by atoms with Crippen molar-refractivity contribution in [2.24, 2.45) is 0 Å². The first-order chi connectivity index (χ1) is 10.9. The number of hydrogen-bond donors (Lipinski definition) is 0. The lowest BCUT2D eigenvalue weighted by Gasteiger charge is -2.08. The van der Waals surface area contributed by atoms with Crippen LogP contribution >= 0.6 is 0 Å². The van der Waals surface area contributed by atoms with Gasteiger partial charge >= 0.3 is 5.97 Å². The second-order valence-electron chi connectivity index (χ2n) is 4.97. The summed E-state index contributed by atoms with van der Waals surface area (Å²) in [7, 11) is 0. The average Bonchev–Trinajstić information content (AvgIpc) is 2.51. The maximum atomic E-state index is 13.1. The van der Waals surface area contributed by atoms with Gasteiger partial charge in [-0.3, -0.25) is 4.79 Å². The number of carbonyl (C=O) groups excluding carboxylic acids is 2. The van der Waals surface area contributed by atoms with Gasteiger partial charge in [0, 0.05) is 11.6 Å². The molecule has 0 aromatic heterocycles. The molecule has 0 aliphatic heterocycles. The van der Waals surface area contributed by atoms with Crippen molar-refractivity contribution in [2.45, 2.75) is 13.8 Å². The molecule has 23 heavy (non-hydrogen) atoms. The maximum Gasteiger partial charge on any atom is 0.336 e. The Bertz CT molecular complexity index is 775. The molecule has 5 heteroatoms. The first kappa shape index (κ1) is 16.5. The summed E-state index contributed by atoms with van der Waals surface area (Å²) in [5.41, 5.74) is 1.53. The Morgan fingerprint density at radius 1 is 0.957 bits per heavy atom. The molecule has 0 bridgehead atoms. The number of rotatable bonds is 4. The van der Waals surface area contributed by atoms with Gasteiger partial charge in [-0.05, 0) is 49.2 Å². The fourth-order valence-corrected chi connectivity index (χ4v) is 1.98. The molecule has 118 valence electrons. The monoisotopic (exact) mass is 316 g/mol. The molecule has 2 aromatic rings. The summed E-state index contributed by atoms with van der Waals surface area (Å²) in [6.07, 6.45) is 1.91. The molecule has 0 N–H and O–H groups in total. The van der Waals surface area contributed by atoms with Gasteiger partial charge in [-0.25, -0.2) is 13.6 Å². The van der Waals surface area contributed by atoms with Crippen LogP contribution in [0.2, 0.25) is 0 Å². The fraction of sp³-hybridized carbons (Fsp3) is 0.111. The van der Waals surface area contributed by atoms with E-state index in [9.17, 15) is 18.4 Å². The minimum atomic E-state index is -1.12. The molecule has 0 aliphatic rings. The van der Waals surface area contributed by atoms with E-state index in [4.69, 9.17) is 4.74 Å². The Morgan fingerprint density at radius 2 is 1.61 bits per heavy atom. The third-order valence-electron chi connectivity index (χ3n) is 3.19. The predicted octanol–water partition coefficient (Wildman–Crippen LogP) is 3.93. The molecular formula is C18H14F2O3. The molecular weight excluding hydrogens is 302 g/mol. The van der Waals surface area contributed by atoms with Crippen LogP contribution in [0.15, 0.2) is 48.6 Å². The van der Waals surface area contributed by atoms with Gasteiger partial charge in [-0.2, -0.15) is 0 Å². The fourth-order valence-electron chi connectivity index (χ4n) is 1.98. The topological polar surface area (TPSA) is 43.4 Å². The number of carbonyl (C=O) groups is 2. The Kier molecular flexibility index (Phi) is 5.01. The highest BCUT2D eigenvalue weighted by atomic mass is 19.2. The van der Waals surface area contributed by atoms with Crippen LogP contribution in [0.25, 0.3) is 0 Å². The molecule has 0 amide bonds. The van der Waals surface area contributed by atoms with Crippen LogP contribution in [-0.4, -0.2) is 11.8 Å². The quantitative estimate of drug-likeness (QED) is 0.371. The van der Waals surface area contributed by atoms with Crippen molar-refractivity contribution in [3.8, 4) is 5.75 Å². The number of esters is 1. The molecule has 0 aliphatic carbocycles. The zero-order valence-corrected chi connectivity index (χ0v) is 12.6. The molecule has 0 saturated heterocycles. The first-order valence-corrected chi connectivity index (χ1v) is 6.84. The molecule has 0 unspecified atom stereocenters. The van der Waals surface area contributed by atoms with E-state index in [0.29, 0.717) is 5.75 Å². The van der Waals surface area contributed by atoms with Crippen LogP contribution in [0.1, 0.15) is 21.5 Å². The third-order valence-corrected chi connectivity index (χ3v) is 3.19. The van der Waals surface area contributed by atoms with Gasteiger partial charge in [0.15, 0.2) is 17.4 Å². The van der Waals surface area contributed by atoms with E-state index >= 15 is 0 Å². The second kappa shape index (κ2) is 6.96. The molecule has 0 fully saturated rings. The van der Waals surface area contributed by atoms with Crippen molar-refractivity contribution >= 4 is 11.8 Å². The lowest BCUT2D eigenvalue weighted by molar-refractivity contribution is -0.129. The molecule has 0 spiro atoms. The van der Waals surface area contributed by atoms with Crippen LogP contribution in [-0.2, 0) is 4.79 Å². The number of benzene rings is 2. The zero-order valence-electron chi connectivity index (χ0n) is 12.6. The molecule has 0 atom stereocenters. The normalized spacial score (nSPS) is 10.8. The van der Waals surface area contributed by atoms with E-state index in [1.54, 1.807) is 26.0 Å². The summed E-state index contributed by atoms with van der Waals surface area (Å²) in [5, 5.41) is 0. The van der Waals surface area contributed by atoms with E-state index in [1.165, 1.54) is 0 Å². The number of hydrogen-bond acceptors (Lipinski definition) is 3. The number of ketones is 1. The van der Waals surface area contributed by atoms with Crippen molar-refractivity contribution in [1.29, 1.82) is 0 Å². The predicted molar refractivity (Wildman–Crippen MR) is 81.4 cm³/mol. The average molecular weight is 316 g/mol. The lowest BCUT2D eigenvalue weighted by atomic mass is 10.1. The highest BCUT2D eigenvalue weighted by molar-refractivity contribution is 6.07. The number of para-hydroxylation sites is 1. The Hall–Kier alpha value is -2.82. The number of halogens is 2. The van der Waals surface area contributed by atoms with Crippen LogP contribution in [0.5, 0.6) is 5.75 Å². The molecule has 0 radical (unpaired) electrons. The van der Waals surface area contributed by atoms with Crippen molar-refractivity contribution < 1.29 is 23.1 Å². The largest absolute Gasteiger partial charge is 0.423 e. The Morgan fingerprint density at radius 3 is 2.22 bits per heavy atom. The van der Waals surface area contributed by atoms with Crippen molar-refractivity contribution in [3.63, 3.8) is 0 Å². The van der Waals surface area contributed by atoms with Gasteiger partial charge < -0.3 is 4.74 Å². The van der Waals surface area contributed by atoms with Gasteiger partial charge in [-0.15, -0.1) is 0 Å². The molecule has 2 aromatic carbocycles. The van der Waals surface area contributed by atoms with E-state index in [1.807, 2.05) is 6.07 Å². The van der Waals surface area contributed by atoms with Crippen LogP contribution in [0.4, 0.5) is 8.78 Å². The van der Waals surface area contributed by atoms with Gasteiger partial charge in [0.2, 0.25) is 0 Å². The van der Waals surface area contributed by atoms with Crippen molar-refractivity contribution in [2.75, 3.05) is 0 Å². The smallest absolute Gasteiger partial charge is 0.336 e. The number of aryl methyl sites for hydroxylation is 2. The van der Waals surface area contributed by atoms with Gasteiger partial charge in [-0.1, -0.05) is 18.2 Å². The summed E-state index contributed by atoms with van der Waals surface area (Å²) in [5.74, 6) is -3.08. The summed E-state index contributed by atoms with van der Waals surface area (Å²) in [6.45, 7) is 3.59. The Balaban J connectivity index is 2.08. The van der Waals surface area contributed by atoms with E-state index < -0.39 is 23.4 Å². The third kappa shape index (κ3) is 4.10. The minimum absolute atomic E-state index is 0.0555. The van der Waals surface area contributed by atoms with Crippen LogP contribution in [0, 0.1) is 25.5 Å². The van der Waals surface area contributed by atoms with Crippen molar-refractivity contribution in [3.05, 3.63) is 76.9 Å². The molecule has 2 rings (SSSR count). The van der Waals surface area contributed by atoms with Gasteiger partial charge in [0.05, 0.1) is 0 Å². The maximum absolute atomic E-state index is 13.1. The zero-order chi connectivity index (χ0) is 17.0. The summed E-state index contributed by atoms with van der Waals surface area (Å²) in [6, 6.07) is 8.20. The van der Waals surface area contributed by atoms with Crippen molar-refractivity contribution in [1.82, 2.24) is 0 Å². The lowest BCUT2D eigenvalue weighted by Crippen LogP contribution is -2.07. The highest BCUT2D eigenvalue weighted by Gasteiger charge is 2.10. The number of allylic oxidation sites excluding steroid dienone is 1. The second-order valence-corrected chi connectivity index (χ2v) is 4.97. The van der Waals surface area contributed by atoms with Crippen LogP contribution < -0.4 is 4.74 Å². The minimum Gasteiger partial charge on any atom is -0.423 e. The van der Waals surface area contributed by atoms with E-state index in [-0.39, 0.29) is 5.56 Å². The SMILES string of the molecule is Cc1cccc(C)c1OC(=O)/C=C/C(=O)c1ccc(F)c(F)c1. The van der Waals surface area contributed by atoms with E-state index in [2.05, 4.69) is 0 Å². The summed E-state index contributed by atoms with van der Waals surface area (Å²) < 4.78 is 31.1. The van der Waals surface area contributed by atoms with Gasteiger partial charge in [0.1, 0.15) is 5.75 Å². The molecule has 0 heterocycles. The summed E-state index contributed by atoms with van der Waals surface area (Å²) in [4.78, 5) is 23.6. The number of ether oxygens (including phenoxy) is 1. The van der Waals surface area contributed by atoms with Gasteiger partial charge in [0.25, 0.3) is 0 Å². The molecule has 0 saturated carbocycles. The Labute approximate surface area is 132 Å². The first-order valence-electron chi connectivity index (χ1n) is 6.84. The van der Waals surface area contributed by atoms with Crippen LogP contribution in [0.3, 0.4) is 0 Å².